The highest BCUT2D eigenvalue weighted by molar-refractivity contribution is 9.10. The van der Waals surface area contributed by atoms with E-state index in [1.165, 1.54) is 7.11 Å². The summed E-state index contributed by atoms with van der Waals surface area (Å²) in [5.74, 6) is 1.77. The van der Waals surface area contributed by atoms with Crippen LogP contribution in [0.15, 0.2) is 26.2 Å². The van der Waals surface area contributed by atoms with Gasteiger partial charge in [-0.25, -0.2) is 0 Å². The van der Waals surface area contributed by atoms with E-state index in [9.17, 15) is 4.79 Å². The van der Waals surface area contributed by atoms with E-state index in [2.05, 4.69) is 38.1 Å². The van der Waals surface area contributed by atoms with Crippen molar-refractivity contribution in [3.63, 3.8) is 0 Å². The van der Waals surface area contributed by atoms with Crippen LogP contribution in [0.2, 0.25) is 0 Å². The van der Waals surface area contributed by atoms with Crippen LogP contribution >= 0.6 is 15.9 Å². The van der Waals surface area contributed by atoms with Crippen molar-refractivity contribution in [3.05, 3.63) is 22.6 Å². The van der Waals surface area contributed by atoms with Crippen molar-refractivity contribution < 1.29 is 13.9 Å². The number of nitrogens with one attached hydrogen (secondary N) is 1. The number of hydrogen-bond acceptors (Lipinski definition) is 4. The van der Waals surface area contributed by atoms with Crippen molar-refractivity contribution in [1.29, 1.82) is 0 Å². The Hall–Kier alpha value is -1.50. The number of furan rings is 1. The van der Waals surface area contributed by atoms with E-state index in [-0.39, 0.29) is 17.8 Å². The van der Waals surface area contributed by atoms with E-state index in [4.69, 9.17) is 9.15 Å². The van der Waals surface area contributed by atoms with Crippen LogP contribution < -0.4 is 5.32 Å². The second-order valence-corrected chi connectivity index (χ2v) is 6.48. The summed E-state index contributed by atoms with van der Waals surface area (Å²) in [6, 6.07) is 3.82. The number of esters is 1. The summed E-state index contributed by atoms with van der Waals surface area (Å²) in [6.45, 7) is 6.99. The van der Waals surface area contributed by atoms with Gasteiger partial charge in [-0.3, -0.25) is 9.79 Å². The average Bonchev–Trinajstić information content (AvgIpc) is 3.11. The molecule has 1 fully saturated rings. The molecule has 1 aromatic rings. The molecule has 0 bridgehead atoms. The molecule has 6 nitrogen and oxygen atoms in total. The molecular formula is C16H24BrN3O3. The molecule has 23 heavy (non-hydrogen) atoms. The number of hydrogen-bond donors (Lipinski definition) is 1. The van der Waals surface area contributed by atoms with Crippen molar-refractivity contribution in [2.75, 3.05) is 33.3 Å². The summed E-state index contributed by atoms with van der Waals surface area (Å²) in [6.07, 6.45) is 0.740. The molecule has 1 aliphatic heterocycles. The highest BCUT2D eigenvalue weighted by Crippen LogP contribution is 2.24. The number of methoxy groups -OCH3 is 1. The monoisotopic (exact) mass is 385 g/mol. The van der Waals surface area contributed by atoms with Gasteiger partial charge in [0.1, 0.15) is 5.76 Å². The first-order valence-corrected chi connectivity index (χ1v) is 8.69. The minimum absolute atomic E-state index is 0.0927. The van der Waals surface area contributed by atoms with Crippen LogP contribution in [-0.4, -0.2) is 50.1 Å². The van der Waals surface area contributed by atoms with Crippen molar-refractivity contribution in [1.82, 2.24) is 10.2 Å². The molecule has 2 unspecified atom stereocenters. The Kier molecular flexibility index (Phi) is 6.50. The first kappa shape index (κ1) is 17.8. The van der Waals surface area contributed by atoms with E-state index in [1.54, 1.807) is 0 Å². The summed E-state index contributed by atoms with van der Waals surface area (Å²) in [5.41, 5.74) is 0. The van der Waals surface area contributed by atoms with Gasteiger partial charge >= 0.3 is 5.97 Å². The van der Waals surface area contributed by atoms with Gasteiger partial charge in [-0.2, -0.15) is 0 Å². The van der Waals surface area contributed by atoms with Gasteiger partial charge in [0, 0.05) is 32.6 Å². The Morgan fingerprint density at radius 1 is 1.52 bits per heavy atom. The summed E-state index contributed by atoms with van der Waals surface area (Å²) in [4.78, 5) is 18.6. The molecule has 1 N–H and O–H groups in total. The summed E-state index contributed by atoms with van der Waals surface area (Å²) in [5, 5.41) is 3.30. The van der Waals surface area contributed by atoms with Gasteiger partial charge in [-0.15, -0.1) is 0 Å². The molecule has 1 aliphatic rings. The number of carbonyl (C=O) groups excluding carboxylic acids is 1. The molecule has 2 atom stereocenters. The van der Waals surface area contributed by atoms with Gasteiger partial charge in [0.2, 0.25) is 0 Å². The second kappa shape index (κ2) is 8.38. The van der Waals surface area contributed by atoms with Crippen molar-refractivity contribution >= 4 is 27.9 Å². The number of carbonyl (C=O) groups is 1. The fourth-order valence-electron chi connectivity index (χ4n) is 2.78. The Morgan fingerprint density at radius 2 is 2.30 bits per heavy atom. The fraction of sp³-hybridized carbons (Fsp3) is 0.625. The number of rotatable bonds is 5. The predicted molar refractivity (Wildman–Crippen MR) is 92.3 cm³/mol. The van der Waals surface area contributed by atoms with Gasteiger partial charge in [-0.05, 0) is 40.9 Å². The van der Waals surface area contributed by atoms with Crippen LogP contribution in [0, 0.1) is 11.8 Å². The molecule has 0 aliphatic carbocycles. The lowest BCUT2D eigenvalue weighted by Crippen LogP contribution is -2.40. The van der Waals surface area contributed by atoms with Crippen LogP contribution in [0.4, 0.5) is 0 Å². The molecule has 0 amide bonds. The van der Waals surface area contributed by atoms with E-state index in [0.717, 1.165) is 35.9 Å². The number of halogens is 1. The lowest BCUT2D eigenvalue weighted by molar-refractivity contribution is -0.145. The van der Waals surface area contributed by atoms with Crippen molar-refractivity contribution in [2.24, 2.45) is 16.8 Å². The number of likely N-dealkylation sites (tertiary alicyclic amines) is 1. The molecule has 0 aromatic carbocycles. The average molecular weight is 386 g/mol. The highest BCUT2D eigenvalue weighted by atomic mass is 79.9. The Balaban J connectivity index is 1.97. The Morgan fingerprint density at radius 3 is 2.91 bits per heavy atom. The number of guanidine groups is 1. The molecule has 7 heteroatoms. The zero-order chi connectivity index (χ0) is 16.8. The zero-order valence-corrected chi connectivity index (χ0v) is 15.4. The maximum atomic E-state index is 11.8. The standard InChI is InChI=1S/C16H24BrN3O3/c1-4-18-16(19-8-7-12-5-6-14(17)23-12)20-9-11(2)13(10-20)15(21)22-3/h5-6,11,13H,4,7-10H2,1-3H3,(H,18,19). The molecule has 1 aromatic heterocycles. The zero-order valence-electron chi connectivity index (χ0n) is 13.8. The fourth-order valence-corrected chi connectivity index (χ4v) is 3.12. The van der Waals surface area contributed by atoms with E-state index >= 15 is 0 Å². The van der Waals surface area contributed by atoms with Crippen molar-refractivity contribution in [3.8, 4) is 0 Å². The molecule has 0 radical (unpaired) electrons. The molecule has 1 saturated heterocycles. The van der Waals surface area contributed by atoms with Crippen LogP contribution in [0.5, 0.6) is 0 Å². The third-order valence-corrected chi connectivity index (χ3v) is 4.43. The van der Waals surface area contributed by atoms with Gasteiger partial charge in [0.15, 0.2) is 10.6 Å². The second-order valence-electron chi connectivity index (χ2n) is 5.70. The quantitative estimate of drug-likeness (QED) is 0.478. The molecule has 128 valence electrons. The van der Waals surface area contributed by atoms with Gasteiger partial charge in [0.25, 0.3) is 0 Å². The molecule has 2 heterocycles. The van der Waals surface area contributed by atoms with Crippen molar-refractivity contribution in [2.45, 2.75) is 20.3 Å². The lowest BCUT2D eigenvalue weighted by atomic mass is 9.99. The predicted octanol–water partition coefficient (Wildman–Crippen LogP) is 2.29. The van der Waals surface area contributed by atoms with E-state index < -0.39 is 0 Å². The SMILES string of the molecule is CCNC(=NCCc1ccc(Br)o1)N1CC(C)C(C(=O)OC)C1. The minimum Gasteiger partial charge on any atom is -0.469 e. The first-order chi connectivity index (χ1) is 11.0. The first-order valence-electron chi connectivity index (χ1n) is 7.90. The highest BCUT2D eigenvalue weighted by Gasteiger charge is 2.36. The molecule has 0 saturated carbocycles. The third kappa shape index (κ3) is 4.73. The van der Waals surface area contributed by atoms with E-state index in [1.807, 2.05) is 19.1 Å². The van der Waals surface area contributed by atoms with E-state index in [0.29, 0.717) is 13.1 Å². The summed E-state index contributed by atoms with van der Waals surface area (Å²) < 4.78 is 11.1. The Bertz CT molecular complexity index is 559. The maximum absolute atomic E-state index is 11.8. The smallest absolute Gasteiger partial charge is 0.310 e. The minimum atomic E-state index is -0.142. The van der Waals surface area contributed by atoms with Gasteiger partial charge < -0.3 is 19.4 Å². The third-order valence-electron chi connectivity index (χ3n) is 4.00. The normalized spacial score (nSPS) is 21.6. The molecular weight excluding hydrogens is 362 g/mol. The van der Waals surface area contributed by atoms with Crippen LogP contribution in [0.25, 0.3) is 0 Å². The number of nitrogens with zero attached hydrogens (tertiary/aromatic N) is 2. The summed E-state index contributed by atoms with van der Waals surface area (Å²) in [7, 11) is 1.44. The molecule has 2 rings (SSSR count). The van der Waals surface area contributed by atoms with Gasteiger partial charge in [0.05, 0.1) is 13.0 Å². The molecule has 0 spiro atoms. The van der Waals surface area contributed by atoms with Crippen LogP contribution in [-0.2, 0) is 16.0 Å². The summed E-state index contributed by atoms with van der Waals surface area (Å²) >= 11 is 3.30. The lowest BCUT2D eigenvalue weighted by Gasteiger charge is -2.21. The van der Waals surface area contributed by atoms with Gasteiger partial charge in [-0.1, -0.05) is 6.92 Å². The number of ether oxygens (including phenoxy) is 1. The van der Waals surface area contributed by atoms with Crippen LogP contribution in [0.3, 0.4) is 0 Å². The number of aliphatic imine (C=N–C) groups is 1. The Labute approximate surface area is 145 Å². The maximum Gasteiger partial charge on any atom is 0.310 e. The van der Waals surface area contributed by atoms with Crippen LogP contribution in [0.1, 0.15) is 19.6 Å². The topological polar surface area (TPSA) is 67.1 Å². The largest absolute Gasteiger partial charge is 0.469 e.